The number of rotatable bonds is 2. The maximum absolute atomic E-state index is 6.39. The van der Waals surface area contributed by atoms with E-state index in [1.54, 1.807) is 0 Å². The number of hydrogen-bond acceptors (Lipinski definition) is 0. The first-order valence-electron chi connectivity index (χ1n) is 2.97. The van der Waals surface area contributed by atoms with Crippen molar-refractivity contribution in [1.29, 1.82) is 0 Å². The molecule has 0 rings (SSSR count). The van der Waals surface area contributed by atoms with Crippen molar-refractivity contribution in [2.24, 2.45) is 0 Å². The van der Waals surface area contributed by atoms with Crippen LogP contribution < -0.4 is 0 Å². The van der Waals surface area contributed by atoms with E-state index in [1.165, 1.54) is 0 Å². The molecule has 0 amide bonds. The molecular formula is C6H14Cl2N2Ru-4. The Morgan fingerprint density at radius 1 is 1.00 bits per heavy atom. The zero-order chi connectivity index (χ0) is 9.54. The van der Waals surface area contributed by atoms with Gasteiger partial charge in [0.1, 0.15) is 0 Å². The van der Waals surface area contributed by atoms with Crippen molar-refractivity contribution >= 4 is 19.4 Å². The van der Waals surface area contributed by atoms with Gasteiger partial charge in [-0.05, 0) is 0 Å². The zero-order valence-electron chi connectivity index (χ0n) is 6.35. The van der Waals surface area contributed by atoms with E-state index in [0.29, 0.717) is 13.1 Å². The van der Waals surface area contributed by atoms with E-state index < -0.39 is 0 Å². The van der Waals surface area contributed by atoms with Crippen LogP contribution in [0.3, 0.4) is 0 Å². The summed E-state index contributed by atoms with van der Waals surface area (Å²) in [5.74, 6) is 0. The van der Waals surface area contributed by atoms with Gasteiger partial charge in [0.25, 0.3) is 0 Å². The summed E-state index contributed by atoms with van der Waals surface area (Å²) in [6, 6.07) is 0. The van der Waals surface area contributed by atoms with Gasteiger partial charge in [-0.15, -0.1) is 0 Å². The Kier molecular flexibility index (Phi) is 49.8. The van der Waals surface area contributed by atoms with Gasteiger partial charge in [0.15, 0.2) is 0 Å². The zero-order valence-corrected chi connectivity index (χ0v) is 9.60. The van der Waals surface area contributed by atoms with Gasteiger partial charge in [0.05, 0.1) is 0 Å². The Bertz CT molecular complexity index is 33.8. The van der Waals surface area contributed by atoms with Gasteiger partial charge in [0.2, 0.25) is 0 Å². The molecule has 0 bridgehead atoms. The molecule has 0 saturated heterocycles. The molecule has 2 N–H and O–H groups in total. The number of hydrogen-bond donors (Lipinski definition) is 0. The van der Waals surface area contributed by atoms with Crippen molar-refractivity contribution in [2.75, 3.05) is 13.1 Å². The average molecular weight is 286 g/mol. The Morgan fingerprint density at radius 2 is 1.09 bits per heavy atom. The molecule has 5 heteroatoms. The first-order chi connectivity index (χ1) is 5.24. The van der Waals surface area contributed by atoms with Crippen LogP contribution in [0, 0.1) is 13.8 Å². The van der Waals surface area contributed by atoms with E-state index in [2.05, 4.69) is 13.8 Å². The summed E-state index contributed by atoms with van der Waals surface area (Å²) in [7, 11) is 9.71. The van der Waals surface area contributed by atoms with E-state index in [0.717, 1.165) is 12.8 Å². The molecule has 11 heavy (non-hydrogen) atoms. The summed E-state index contributed by atoms with van der Waals surface area (Å²) in [5.41, 5.74) is 12.8. The van der Waals surface area contributed by atoms with Crippen LogP contribution in [0.15, 0.2) is 0 Å². The third kappa shape index (κ3) is 94.9. The second-order valence-electron chi connectivity index (χ2n) is 1.26. The Hall–Kier alpha value is 1.12. The van der Waals surface area contributed by atoms with Crippen LogP contribution >= 0.6 is 19.4 Å². The fourth-order valence-corrected chi connectivity index (χ4v) is 0. The van der Waals surface area contributed by atoms with E-state index >= 15 is 0 Å². The molecule has 0 aromatic heterocycles. The Labute approximate surface area is 85.7 Å². The molecule has 74 valence electrons. The Balaban J connectivity index is -0.0000000886. The van der Waals surface area contributed by atoms with Crippen LogP contribution in [0.25, 0.3) is 11.5 Å². The van der Waals surface area contributed by atoms with Crippen molar-refractivity contribution in [3.05, 3.63) is 25.3 Å². The fourth-order valence-electron chi connectivity index (χ4n) is 0. The third-order valence-electron chi connectivity index (χ3n) is 0.354. The van der Waals surface area contributed by atoms with Gasteiger partial charge >= 0.3 is 34.5 Å². The first kappa shape index (κ1) is 18.0. The number of nitrogens with one attached hydrogen (secondary N) is 2. The van der Waals surface area contributed by atoms with Crippen molar-refractivity contribution in [3.63, 3.8) is 0 Å². The van der Waals surface area contributed by atoms with Crippen molar-refractivity contribution in [3.8, 4) is 0 Å². The van der Waals surface area contributed by atoms with E-state index in [1.807, 2.05) is 0 Å². The molecular weight excluding hydrogens is 272 g/mol. The molecule has 0 aliphatic rings. The topological polar surface area (TPSA) is 47.6 Å². The van der Waals surface area contributed by atoms with Crippen molar-refractivity contribution < 1.29 is 15.1 Å². The molecule has 0 fully saturated rings. The minimum atomic E-state index is -0.346. The van der Waals surface area contributed by atoms with Gasteiger partial charge in [0, 0.05) is 0 Å². The monoisotopic (exact) mass is 286 g/mol. The molecule has 0 heterocycles. The summed E-state index contributed by atoms with van der Waals surface area (Å²) in [6.07, 6.45) is 1.47. The first-order valence-corrected chi connectivity index (χ1v) is 7.45. The van der Waals surface area contributed by atoms with Crippen LogP contribution in [0.5, 0.6) is 0 Å². The molecule has 0 atom stereocenters. The molecule has 0 spiro atoms. The molecule has 0 aliphatic heterocycles. The predicted octanol–water partition coefficient (Wildman–Crippen LogP) is 3.90. The summed E-state index contributed by atoms with van der Waals surface area (Å²) in [6.45, 7) is 7.75. The molecule has 0 radical (unpaired) electrons. The van der Waals surface area contributed by atoms with Gasteiger partial charge < -0.3 is 25.3 Å². The van der Waals surface area contributed by atoms with Gasteiger partial charge in [-0.1, -0.05) is 0 Å². The van der Waals surface area contributed by atoms with E-state index in [4.69, 9.17) is 30.8 Å². The SMILES string of the molecule is [CH2-]CC[NH-].[CH2-]CC[NH-].[Cl][Ru][Cl]. The second kappa shape index (κ2) is 30.4. The van der Waals surface area contributed by atoms with Gasteiger partial charge in [-0.2, -0.15) is 13.1 Å². The summed E-state index contributed by atoms with van der Waals surface area (Å²) < 4.78 is 0. The van der Waals surface area contributed by atoms with Crippen LogP contribution in [0.4, 0.5) is 0 Å². The molecule has 0 unspecified atom stereocenters. The third-order valence-corrected chi connectivity index (χ3v) is 0.354. The summed E-state index contributed by atoms with van der Waals surface area (Å²) in [5, 5.41) is 0. The molecule has 0 aromatic carbocycles. The average Bonchev–Trinajstić information content (AvgIpc) is 2.06. The number of halogens is 2. The van der Waals surface area contributed by atoms with E-state index in [9.17, 15) is 0 Å². The van der Waals surface area contributed by atoms with Crippen molar-refractivity contribution in [2.45, 2.75) is 12.8 Å². The summed E-state index contributed by atoms with van der Waals surface area (Å²) >= 11 is -0.346. The normalized spacial score (nSPS) is 7.45. The molecule has 0 aromatic rings. The van der Waals surface area contributed by atoms with Crippen LogP contribution in [0.1, 0.15) is 12.8 Å². The van der Waals surface area contributed by atoms with Gasteiger partial charge in [-0.25, -0.2) is 12.8 Å². The van der Waals surface area contributed by atoms with E-state index in [-0.39, 0.29) is 15.1 Å². The fraction of sp³-hybridized carbons (Fsp3) is 0.667. The maximum atomic E-state index is 6.39. The van der Waals surface area contributed by atoms with Crippen molar-refractivity contribution in [1.82, 2.24) is 0 Å². The quantitative estimate of drug-likeness (QED) is 0.546. The standard InChI is InChI=1S/2C3H7N.2ClH.Ru/c2*1-2-3-4;;;/h2*4H,1-3H2;2*1H;/q2*-2;;;+2/p-2. The predicted molar refractivity (Wildman–Crippen MR) is 50.0 cm³/mol. The Morgan fingerprint density at radius 3 is 1.09 bits per heavy atom. The molecule has 2 nitrogen and oxygen atoms in total. The minimum absolute atomic E-state index is 0.346. The van der Waals surface area contributed by atoms with Crippen LogP contribution in [-0.4, -0.2) is 13.1 Å². The van der Waals surface area contributed by atoms with Gasteiger partial charge in [-0.3, -0.25) is 0 Å². The second-order valence-corrected chi connectivity index (χ2v) is 3.90. The van der Waals surface area contributed by atoms with Crippen LogP contribution in [-0.2, 0) is 15.1 Å². The molecule has 0 saturated carbocycles. The summed E-state index contributed by atoms with van der Waals surface area (Å²) in [4.78, 5) is 0. The van der Waals surface area contributed by atoms with Crippen LogP contribution in [0.2, 0.25) is 0 Å². The molecule has 0 aliphatic carbocycles.